The topological polar surface area (TPSA) is 136 Å². The number of aliphatic hydroxyl groups is 4. The third kappa shape index (κ3) is 3.39. The molecule has 5 atom stereocenters. The molecule has 1 amide bonds. The number of cyclic esters (lactones) is 1. The lowest BCUT2D eigenvalue weighted by Crippen LogP contribution is -2.61. The molecule has 2 unspecified atom stereocenters. The Balaban J connectivity index is 2.86. The Morgan fingerprint density at radius 2 is 2.17 bits per heavy atom. The van der Waals surface area contributed by atoms with Crippen LogP contribution in [0.2, 0.25) is 0 Å². The van der Waals surface area contributed by atoms with Crippen molar-refractivity contribution < 1.29 is 34.8 Å². The lowest BCUT2D eigenvalue weighted by molar-refractivity contribution is -0.183. The van der Waals surface area contributed by atoms with Crippen LogP contribution in [-0.4, -0.2) is 69.4 Å². The van der Waals surface area contributed by atoms with Crippen molar-refractivity contribution in [3.8, 4) is 0 Å². The minimum atomic E-state index is -1.61. The molecule has 0 aromatic rings. The summed E-state index contributed by atoms with van der Waals surface area (Å²) in [7, 11) is 0. The van der Waals surface area contributed by atoms with Gasteiger partial charge in [0.1, 0.15) is 12.2 Å². The first kappa shape index (κ1) is 14.8. The monoisotopic (exact) mass is 263 g/mol. The van der Waals surface area contributed by atoms with E-state index in [0.29, 0.717) is 0 Å². The largest absolute Gasteiger partial charge is 0.457 e. The van der Waals surface area contributed by atoms with E-state index >= 15 is 0 Å². The van der Waals surface area contributed by atoms with E-state index in [2.05, 4.69) is 5.32 Å². The summed E-state index contributed by atoms with van der Waals surface area (Å²) in [5.41, 5.74) is 0. The fourth-order valence-corrected chi connectivity index (χ4v) is 1.81. The second kappa shape index (κ2) is 6.10. The third-order valence-corrected chi connectivity index (χ3v) is 2.70. The molecule has 104 valence electrons. The summed E-state index contributed by atoms with van der Waals surface area (Å²) in [6.07, 6.45) is -5.99. The van der Waals surface area contributed by atoms with Gasteiger partial charge in [-0.2, -0.15) is 0 Å². The van der Waals surface area contributed by atoms with Crippen LogP contribution in [0.3, 0.4) is 0 Å². The number of ether oxygens (including phenoxy) is 1. The molecule has 1 rings (SSSR count). The smallest absolute Gasteiger partial charge is 0.308 e. The molecule has 0 saturated carbocycles. The van der Waals surface area contributed by atoms with Crippen LogP contribution in [0.4, 0.5) is 0 Å². The van der Waals surface area contributed by atoms with E-state index in [4.69, 9.17) is 9.84 Å². The maximum absolute atomic E-state index is 11.2. The summed E-state index contributed by atoms with van der Waals surface area (Å²) >= 11 is 0. The average Bonchev–Trinajstić information content (AvgIpc) is 2.29. The van der Waals surface area contributed by atoms with E-state index in [-0.39, 0.29) is 6.42 Å². The Kier molecular flexibility index (Phi) is 5.03. The van der Waals surface area contributed by atoms with Crippen molar-refractivity contribution >= 4 is 11.9 Å². The molecule has 0 radical (unpaired) electrons. The Morgan fingerprint density at radius 3 is 2.67 bits per heavy atom. The highest BCUT2D eigenvalue weighted by molar-refractivity contribution is 5.75. The van der Waals surface area contributed by atoms with Gasteiger partial charge in [-0.15, -0.1) is 0 Å². The van der Waals surface area contributed by atoms with Gasteiger partial charge in [0.2, 0.25) is 5.91 Å². The lowest BCUT2D eigenvalue weighted by Gasteiger charge is -2.38. The molecule has 1 fully saturated rings. The Hall–Kier alpha value is -1.22. The molecule has 1 aliphatic rings. The molecule has 18 heavy (non-hydrogen) atoms. The number of rotatable bonds is 4. The molecular formula is C10H17NO7. The van der Waals surface area contributed by atoms with Gasteiger partial charge in [0.25, 0.3) is 0 Å². The standard InChI is InChI=1S/C10H17NO7/c1-4(13)11-8-5(14)2-7(16)18-10(8)9(17)6(15)3-12/h5-6,8-10,12,14-15,17H,2-3H2,1H3,(H,11,13)/t5?,6-,8-,9-,10?/m1/s1. The van der Waals surface area contributed by atoms with Crippen molar-refractivity contribution in [1.29, 1.82) is 0 Å². The predicted molar refractivity (Wildman–Crippen MR) is 57.2 cm³/mol. The van der Waals surface area contributed by atoms with E-state index in [9.17, 15) is 24.9 Å². The molecule has 1 aliphatic heterocycles. The van der Waals surface area contributed by atoms with E-state index < -0.39 is 48.9 Å². The lowest BCUT2D eigenvalue weighted by atomic mass is 9.92. The van der Waals surface area contributed by atoms with Crippen LogP contribution in [0.1, 0.15) is 13.3 Å². The van der Waals surface area contributed by atoms with Crippen molar-refractivity contribution in [2.75, 3.05) is 6.61 Å². The zero-order chi connectivity index (χ0) is 13.9. The van der Waals surface area contributed by atoms with Crippen molar-refractivity contribution in [3.63, 3.8) is 0 Å². The first-order valence-corrected chi connectivity index (χ1v) is 5.48. The second-order valence-electron chi connectivity index (χ2n) is 4.19. The highest BCUT2D eigenvalue weighted by atomic mass is 16.6. The molecular weight excluding hydrogens is 246 g/mol. The summed E-state index contributed by atoms with van der Waals surface area (Å²) in [5, 5.41) is 39.8. The van der Waals surface area contributed by atoms with Gasteiger partial charge >= 0.3 is 5.97 Å². The van der Waals surface area contributed by atoms with Crippen molar-refractivity contribution in [3.05, 3.63) is 0 Å². The molecule has 0 aliphatic carbocycles. The molecule has 8 nitrogen and oxygen atoms in total. The summed E-state index contributed by atoms with van der Waals surface area (Å²) in [6, 6.07) is -1.03. The van der Waals surface area contributed by atoms with Crippen LogP contribution in [0.5, 0.6) is 0 Å². The maximum atomic E-state index is 11.2. The van der Waals surface area contributed by atoms with Gasteiger partial charge in [0.05, 0.1) is 25.2 Å². The molecule has 1 heterocycles. The number of hydrogen-bond donors (Lipinski definition) is 5. The molecule has 5 N–H and O–H groups in total. The number of esters is 1. The average molecular weight is 263 g/mol. The minimum Gasteiger partial charge on any atom is -0.457 e. The van der Waals surface area contributed by atoms with E-state index in [1.807, 2.05) is 0 Å². The fourth-order valence-electron chi connectivity index (χ4n) is 1.81. The molecule has 0 spiro atoms. The zero-order valence-electron chi connectivity index (χ0n) is 9.81. The van der Waals surface area contributed by atoms with Crippen LogP contribution in [0.25, 0.3) is 0 Å². The van der Waals surface area contributed by atoms with Gasteiger partial charge in [-0.05, 0) is 0 Å². The zero-order valence-corrected chi connectivity index (χ0v) is 9.81. The Morgan fingerprint density at radius 1 is 1.56 bits per heavy atom. The molecule has 0 aromatic carbocycles. The third-order valence-electron chi connectivity index (χ3n) is 2.70. The number of nitrogens with one attached hydrogen (secondary N) is 1. The highest BCUT2D eigenvalue weighted by Crippen LogP contribution is 2.20. The first-order valence-electron chi connectivity index (χ1n) is 5.48. The van der Waals surface area contributed by atoms with Gasteiger partial charge in [0.15, 0.2) is 6.10 Å². The minimum absolute atomic E-state index is 0.316. The van der Waals surface area contributed by atoms with Crippen LogP contribution >= 0.6 is 0 Å². The SMILES string of the molecule is CC(=O)N[C@@H]1C(O)CC(=O)OC1[C@H](O)[C@H](O)CO. The predicted octanol–water partition coefficient (Wildman–Crippen LogP) is -3.12. The molecule has 8 heteroatoms. The number of carbonyl (C=O) groups is 2. The Labute approximate surface area is 103 Å². The van der Waals surface area contributed by atoms with E-state index in [1.165, 1.54) is 6.92 Å². The number of aliphatic hydroxyl groups excluding tert-OH is 4. The summed E-state index contributed by atoms with van der Waals surface area (Å²) < 4.78 is 4.82. The van der Waals surface area contributed by atoms with Crippen LogP contribution in [-0.2, 0) is 14.3 Å². The van der Waals surface area contributed by atoms with Crippen LogP contribution in [0, 0.1) is 0 Å². The summed E-state index contributed by atoms with van der Waals surface area (Å²) in [4.78, 5) is 22.2. The number of carbonyl (C=O) groups excluding carboxylic acids is 2. The summed E-state index contributed by atoms with van der Waals surface area (Å²) in [5.74, 6) is -1.23. The number of amides is 1. The number of hydrogen-bond acceptors (Lipinski definition) is 7. The van der Waals surface area contributed by atoms with Gasteiger partial charge in [-0.3, -0.25) is 9.59 Å². The van der Waals surface area contributed by atoms with Crippen molar-refractivity contribution in [1.82, 2.24) is 5.32 Å². The van der Waals surface area contributed by atoms with Crippen LogP contribution < -0.4 is 5.32 Å². The van der Waals surface area contributed by atoms with Crippen molar-refractivity contribution in [2.24, 2.45) is 0 Å². The van der Waals surface area contributed by atoms with E-state index in [0.717, 1.165) is 0 Å². The van der Waals surface area contributed by atoms with Gasteiger partial charge in [0, 0.05) is 6.92 Å². The quantitative estimate of drug-likeness (QED) is 0.338. The van der Waals surface area contributed by atoms with Gasteiger partial charge in [-0.1, -0.05) is 0 Å². The molecule has 1 saturated heterocycles. The first-order chi connectivity index (χ1) is 8.36. The Bertz CT molecular complexity index is 321. The highest BCUT2D eigenvalue weighted by Gasteiger charge is 2.44. The fraction of sp³-hybridized carbons (Fsp3) is 0.800. The van der Waals surface area contributed by atoms with Gasteiger partial charge < -0.3 is 30.5 Å². The maximum Gasteiger partial charge on any atom is 0.308 e. The molecule has 0 bridgehead atoms. The van der Waals surface area contributed by atoms with Gasteiger partial charge in [-0.25, -0.2) is 0 Å². The normalized spacial score (nSPS) is 31.4. The summed E-state index contributed by atoms with van der Waals surface area (Å²) in [6.45, 7) is 0.465. The van der Waals surface area contributed by atoms with Crippen LogP contribution in [0.15, 0.2) is 0 Å². The van der Waals surface area contributed by atoms with E-state index in [1.54, 1.807) is 0 Å². The van der Waals surface area contributed by atoms with Crippen molar-refractivity contribution in [2.45, 2.75) is 43.8 Å². The molecule has 0 aromatic heterocycles. The second-order valence-corrected chi connectivity index (χ2v) is 4.19.